The van der Waals surface area contributed by atoms with Crippen molar-refractivity contribution in [3.8, 4) is 11.8 Å². The van der Waals surface area contributed by atoms with Crippen LogP contribution in [0.1, 0.15) is 45.1 Å². The van der Waals surface area contributed by atoms with Gasteiger partial charge in [-0.1, -0.05) is 24.8 Å². The fourth-order valence-corrected chi connectivity index (χ4v) is 4.39. The summed E-state index contributed by atoms with van der Waals surface area (Å²) in [5, 5.41) is 2.67. The van der Waals surface area contributed by atoms with Crippen LogP contribution in [0.3, 0.4) is 0 Å². The van der Waals surface area contributed by atoms with Gasteiger partial charge in [0.1, 0.15) is 0 Å². The molecule has 10 heteroatoms. The van der Waals surface area contributed by atoms with E-state index in [-0.39, 0.29) is 5.69 Å². The summed E-state index contributed by atoms with van der Waals surface area (Å²) >= 11 is 0. The van der Waals surface area contributed by atoms with E-state index in [1.807, 2.05) is 34.1 Å². The first-order valence-corrected chi connectivity index (χ1v) is 13.1. The maximum atomic E-state index is 13.7. The third kappa shape index (κ3) is 7.58. The molecular weight excluding hydrogens is 517 g/mol. The molecular formula is C30H33F3N6O. The molecule has 2 heterocycles. The van der Waals surface area contributed by atoms with Crippen molar-refractivity contribution in [3.05, 3.63) is 82.2 Å². The number of nitrogens with zero attached hydrogens (tertiary/aromatic N) is 5. The number of carbonyl (C=O) groups is 1. The number of aryl methyl sites for hydroxylation is 1. The molecule has 3 aromatic rings. The molecule has 1 N–H and O–H groups in total. The number of amides is 1. The fraction of sp³-hybridized carbons (Fsp3) is 0.367. The molecule has 2 aromatic carbocycles. The quantitative estimate of drug-likeness (QED) is 0.456. The van der Waals surface area contributed by atoms with Gasteiger partial charge >= 0.3 is 6.18 Å². The van der Waals surface area contributed by atoms with E-state index in [1.54, 1.807) is 35.5 Å². The number of aromatic nitrogens is 2. The Balaban J connectivity index is 1.56. The number of hydrogen-bond acceptors (Lipinski definition) is 6. The van der Waals surface area contributed by atoms with Crippen LogP contribution in [-0.2, 0) is 19.1 Å². The van der Waals surface area contributed by atoms with Crippen LogP contribution < -0.4 is 10.2 Å². The van der Waals surface area contributed by atoms with Gasteiger partial charge in [0, 0.05) is 76.0 Å². The van der Waals surface area contributed by atoms with Crippen molar-refractivity contribution in [3.63, 3.8) is 0 Å². The Bertz CT molecular complexity index is 1400. The Hall–Kier alpha value is -3.94. The topological polar surface area (TPSA) is 64.6 Å². The molecule has 0 spiro atoms. The molecule has 0 saturated carbocycles. The summed E-state index contributed by atoms with van der Waals surface area (Å²) in [7, 11) is 5.72. The Kier molecular flexibility index (Phi) is 9.07. The van der Waals surface area contributed by atoms with Crippen molar-refractivity contribution in [2.24, 2.45) is 0 Å². The molecule has 0 unspecified atom stereocenters. The number of benzene rings is 2. The van der Waals surface area contributed by atoms with Gasteiger partial charge in [-0.2, -0.15) is 13.2 Å². The normalized spacial score (nSPS) is 14.4. The van der Waals surface area contributed by atoms with Crippen molar-refractivity contribution in [1.29, 1.82) is 0 Å². The van der Waals surface area contributed by atoms with E-state index >= 15 is 0 Å². The van der Waals surface area contributed by atoms with Crippen molar-refractivity contribution in [2.45, 2.75) is 26.1 Å². The summed E-state index contributed by atoms with van der Waals surface area (Å²) in [5.41, 5.74) is 2.36. The average Bonchev–Trinajstić information content (AvgIpc) is 2.92. The molecule has 1 fully saturated rings. The molecule has 4 rings (SSSR count). The standard InChI is InChI=1S/C30H33F3N6O/c1-5-23-8-9-25(16-24(23)7-6-21-18-34-29(35-19-21)37(2)3)28(40)36-27-15-22(14-26(17-27)30(31,32)33)20-39-12-10-38(4)11-13-39/h8-9,14-19H,5,10-13,20H2,1-4H3,(H,36,40). The van der Waals surface area contributed by atoms with Crippen LogP contribution in [0.25, 0.3) is 0 Å². The molecule has 1 saturated heterocycles. The molecule has 210 valence electrons. The first kappa shape index (κ1) is 29.1. The number of halogens is 3. The zero-order chi connectivity index (χ0) is 28.9. The van der Waals surface area contributed by atoms with Crippen LogP contribution in [0.4, 0.5) is 24.8 Å². The number of carbonyl (C=O) groups excluding carboxylic acids is 1. The zero-order valence-electron chi connectivity index (χ0n) is 23.1. The van der Waals surface area contributed by atoms with E-state index in [1.165, 1.54) is 0 Å². The van der Waals surface area contributed by atoms with E-state index in [0.717, 1.165) is 43.9 Å². The predicted molar refractivity (Wildman–Crippen MR) is 150 cm³/mol. The highest BCUT2D eigenvalue weighted by Crippen LogP contribution is 2.32. The molecule has 0 bridgehead atoms. The Morgan fingerprint density at radius 2 is 1.73 bits per heavy atom. The van der Waals surface area contributed by atoms with Crippen LogP contribution in [0, 0.1) is 11.8 Å². The smallest absolute Gasteiger partial charge is 0.347 e. The van der Waals surface area contributed by atoms with Gasteiger partial charge in [-0.3, -0.25) is 9.69 Å². The lowest BCUT2D eigenvalue weighted by atomic mass is 10.0. The van der Waals surface area contributed by atoms with Crippen LogP contribution in [-0.4, -0.2) is 73.0 Å². The number of piperazine rings is 1. The zero-order valence-corrected chi connectivity index (χ0v) is 23.1. The van der Waals surface area contributed by atoms with E-state index in [4.69, 9.17) is 0 Å². The number of likely N-dealkylation sites (N-methyl/N-ethyl adjacent to an activating group) is 1. The summed E-state index contributed by atoms with van der Waals surface area (Å²) in [5.74, 6) is 6.19. The number of nitrogens with one attached hydrogen (secondary N) is 1. The van der Waals surface area contributed by atoms with Crippen LogP contribution in [0.2, 0.25) is 0 Å². The van der Waals surface area contributed by atoms with Gasteiger partial charge in [0.15, 0.2) is 0 Å². The summed E-state index contributed by atoms with van der Waals surface area (Å²) < 4.78 is 41.1. The Labute approximate surface area is 233 Å². The molecule has 0 atom stereocenters. The lowest BCUT2D eigenvalue weighted by molar-refractivity contribution is -0.137. The van der Waals surface area contributed by atoms with Crippen LogP contribution in [0.15, 0.2) is 48.8 Å². The monoisotopic (exact) mass is 550 g/mol. The largest absolute Gasteiger partial charge is 0.416 e. The third-order valence-corrected chi connectivity index (χ3v) is 6.71. The summed E-state index contributed by atoms with van der Waals surface area (Å²) in [6.45, 7) is 5.62. The Morgan fingerprint density at radius 3 is 2.35 bits per heavy atom. The Morgan fingerprint density at radius 1 is 1.02 bits per heavy atom. The number of alkyl halides is 3. The summed E-state index contributed by atoms with van der Waals surface area (Å²) in [4.78, 5) is 27.8. The van der Waals surface area contributed by atoms with E-state index in [0.29, 0.717) is 41.2 Å². The fourth-order valence-electron chi connectivity index (χ4n) is 4.39. The highest BCUT2D eigenvalue weighted by atomic mass is 19.4. The van der Waals surface area contributed by atoms with Crippen molar-refractivity contribution < 1.29 is 18.0 Å². The summed E-state index contributed by atoms with van der Waals surface area (Å²) in [6.07, 6.45) is -0.571. The maximum Gasteiger partial charge on any atom is 0.416 e. The van der Waals surface area contributed by atoms with E-state index in [9.17, 15) is 18.0 Å². The minimum Gasteiger partial charge on any atom is -0.347 e. The van der Waals surface area contributed by atoms with Gasteiger partial charge in [-0.25, -0.2) is 9.97 Å². The minimum atomic E-state index is -4.53. The average molecular weight is 551 g/mol. The first-order valence-electron chi connectivity index (χ1n) is 13.1. The lowest BCUT2D eigenvalue weighted by Crippen LogP contribution is -2.43. The second-order valence-corrected chi connectivity index (χ2v) is 10.1. The first-order chi connectivity index (χ1) is 19.0. The SMILES string of the molecule is CCc1ccc(C(=O)Nc2cc(CN3CCN(C)CC3)cc(C(F)(F)F)c2)cc1C#Cc1cnc(N(C)C)nc1. The highest BCUT2D eigenvalue weighted by molar-refractivity contribution is 6.04. The third-order valence-electron chi connectivity index (χ3n) is 6.71. The molecule has 40 heavy (non-hydrogen) atoms. The predicted octanol–water partition coefficient (Wildman–Crippen LogP) is 4.52. The minimum absolute atomic E-state index is 0.106. The van der Waals surface area contributed by atoms with Gasteiger partial charge in [0.2, 0.25) is 5.95 Å². The lowest BCUT2D eigenvalue weighted by Gasteiger charge is -2.32. The maximum absolute atomic E-state index is 13.7. The summed E-state index contributed by atoms with van der Waals surface area (Å²) in [6, 6.07) is 8.89. The molecule has 0 radical (unpaired) electrons. The van der Waals surface area contributed by atoms with Gasteiger partial charge in [0.05, 0.1) is 11.1 Å². The molecule has 1 aromatic heterocycles. The van der Waals surface area contributed by atoms with Gasteiger partial charge in [0.25, 0.3) is 5.91 Å². The van der Waals surface area contributed by atoms with Crippen LogP contribution >= 0.6 is 0 Å². The molecule has 1 amide bonds. The molecule has 7 nitrogen and oxygen atoms in total. The van der Waals surface area contributed by atoms with Gasteiger partial charge < -0.3 is 15.1 Å². The highest BCUT2D eigenvalue weighted by Gasteiger charge is 2.31. The molecule has 1 aliphatic rings. The second kappa shape index (κ2) is 12.5. The van der Waals surface area contributed by atoms with Crippen molar-refractivity contribution in [2.75, 3.05) is 57.5 Å². The van der Waals surface area contributed by atoms with Crippen molar-refractivity contribution in [1.82, 2.24) is 19.8 Å². The molecule has 1 aliphatic heterocycles. The van der Waals surface area contributed by atoms with Crippen molar-refractivity contribution >= 4 is 17.5 Å². The van der Waals surface area contributed by atoms with E-state index in [2.05, 4.69) is 36.9 Å². The second-order valence-electron chi connectivity index (χ2n) is 10.1. The number of hydrogen-bond donors (Lipinski definition) is 1. The number of anilines is 2. The number of rotatable bonds is 6. The van der Waals surface area contributed by atoms with Gasteiger partial charge in [-0.15, -0.1) is 0 Å². The van der Waals surface area contributed by atoms with E-state index < -0.39 is 17.6 Å². The molecule has 0 aliphatic carbocycles. The van der Waals surface area contributed by atoms with Crippen LogP contribution in [0.5, 0.6) is 0 Å². The van der Waals surface area contributed by atoms with Gasteiger partial charge in [-0.05, 0) is 54.9 Å².